The quantitative estimate of drug-likeness (QED) is 0.532. The Morgan fingerprint density at radius 1 is 1.33 bits per heavy atom. The number of thiophene rings is 1. The van der Waals surface area contributed by atoms with Gasteiger partial charge in [0.25, 0.3) is 0 Å². The van der Waals surface area contributed by atoms with Crippen molar-refractivity contribution in [3.05, 3.63) is 69.1 Å². The van der Waals surface area contributed by atoms with Crippen molar-refractivity contribution in [3.63, 3.8) is 0 Å². The molecule has 2 heterocycles. The van der Waals surface area contributed by atoms with Gasteiger partial charge in [0.15, 0.2) is 0 Å². The van der Waals surface area contributed by atoms with Gasteiger partial charge >= 0.3 is 0 Å². The molecule has 1 N–H and O–H groups in total. The van der Waals surface area contributed by atoms with Crippen molar-refractivity contribution < 1.29 is 9.21 Å². The molecule has 0 saturated heterocycles. The summed E-state index contributed by atoms with van der Waals surface area (Å²) < 4.78 is 5.70. The van der Waals surface area contributed by atoms with E-state index in [1.807, 2.05) is 48.7 Å². The lowest BCUT2D eigenvalue weighted by molar-refractivity contribution is -0.120. The van der Waals surface area contributed by atoms with Gasteiger partial charge in [-0.2, -0.15) is 5.10 Å². The molecule has 0 radical (unpaired) electrons. The van der Waals surface area contributed by atoms with Gasteiger partial charge in [0, 0.05) is 15.5 Å². The second-order valence-corrected chi connectivity index (χ2v) is 6.65. The summed E-state index contributed by atoms with van der Waals surface area (Å²) in [6.45, 7) is 1.95. The van der Waals surface area contributed by atoms with E-state index in [0.717, 1.165) is 16.0 Å². The topological polar surface area (TPSA) is 54.6 Å². The summed E-state index contributed by atoms with van der Waals surface area (Å²) in [7, 11) is 0. The molecule has 1 amide bonds. The highest BCUT2D eigenvalue weighted by Gasteiger charge is 2.06. The van der Waals surface area contributed by atoms with Crippen LogP contribution in [0.3, 0.4) is 0 Å². The molecular formula is C18H15ClN2O2S. The first kappa shape index (κ1) is 16.5. The van der Waals surface area contributed by atoms with Gasteiger partial charge in [-0.15, -0.1) is 11.3 Å². The van der Waals surface area contributed by atoms with E-state index in [4.69, 9.17) is 16.0 Å². The number of nitrogens with one attached hydrogen (secondary N) is 1. The van der Waals surface area contributed by atoms with Crippen LogP contribution in [-0.2, 0) is 11.2 Å². The second-order valence-electron chi connectivity index (χ2n) is 5.22. The molecule has 0 saturated carbocycles. The second kappa shape index (κ2) is 7.47. The predicted octanol–water partition coefficient (Wildman–Crippen LogP) is 4.66. The van der Waals surface area contributed by atoms with Crippen LogP contribution in [0.2, 0.25) is 5.02 Å². The van der Waals surface area contributed by atoms with Crippen LogP contribution in [-0.4, -0.2) is 12.1 Å². The molecule has 0 unspecified atom stereocenters. The molecule has 0 aliphatic rings. The summed E-state index contributed by atoms with van der Waals surface area (Å²) in [6, 6.07) is 13.2. The molecule has 122 valence electrons. The summed E-state index contributed by atoms with van der Waals surface area (Å²) in [5.41, 5.74) is 4.40. The molecule has 0 atom stereocenters. The van der Waals surface area contributed by atoms with Crippen LogP contribution in [0.4, 0.5) is 0 Å². The lowest BCUT2D eigenvalue weighted by Gasteiger charge is -2.00. The largest absolute Gasteiger partial charge is 0.455 e. The van der Waals surface area contributed by atoms with Crippen LogP contribution in [0, 0.1) is 6.92 Å². The predicted molar refractivity (Wildman–Crippen MR) is 97.7 cm³/mol. The maximum absolute atomic E-state index is 11.7. The van der Waals surface area contributed by atoms with Crippen LogP contribution in [0.25, 0.3) is 11.3 Å². The number of amides is 1. The Labute approximate surface area is 148 Å². The summed E-state index contributed by atoms with van der Waals surface area (Å²) in [5.74, 6) is 1.09. The Hall–Kier alpha value is -2.37. The van der Waals surface area contributed by atoms with Crippen molar-refractivity contribution >= 4 is 35.1 Å². The number of hydrazone groups is 1. The van der Waals surface area contributed by atoms with Crippen molar-refractivity contribution in [1.29, 1.82) is 0 Å². The summed E-state index contributed by atoms with van der Waals surface area (Å²) in [4.78, 5) is 12.7. The Morgan fingerprint density at radius 3 is 2.96 bits per heavy atom. The van der Waals surface area contributed by atoms with Crippen LogP contribution >= 0.6 is 22.9 Å². The molecule has 0 aliphatic carbocycles. The van der Waals surface area contributed by atoms with E-state index in [-0.39, 0.29) is 5.91 Å². The van der Waals surface area contributed by atoms with E-state index in [0.29, 0.717) is 23.0 Å². The monoisotopic (exact) mass is 358 g/mol. The van der Waals surface area contributed by atoms with Gasteiger partial charge in [-0.1, -0.05) is 29.8 Å². The molecule has 6 heteroatoms. The number of hydrogen-bond donors (Lipinski definition) is 1. The fraction of sp³-hybridized carbons (Fsp3) is 0.111. The highest BCUT2D eigenvalue weighted by atomic mass is 35.5. The summed E-state index contributed by atoms with van der Waals surface area (Å²) in [6.07, 6.45) is 1.80. The molecule has 0 aliphatic heterocycles. The maximum Gasteiger partial charge on any atom is 0.245 e. The Balaban J connectivity index is 1.61. The minimum atomic E-state index is -0.161. The van der Waals surface area contributed by atoms with Crippen LogP contribution in [0.5, 0.6) is 0 Å². The van der Waals surface area contributed by atoms with Crippen molar-refractivity contribution in [2.24, 2.45) is 5.10 Å². The molecular weight excluding hydrogens is 344 g/mol. The van der Waals surface area contributed by atoms with Crippen molar-refractivity contribution in [3.8, 4) is 11.3 Å². The highest BCUT2D eigenvalue weighted by molar-refractivity contribution is 7.10. The van der Waals surface area contributed by atoms with Crippen LogP contribution in [0.1, 0.15) is 16.2 Å². The zero-order valence-corrected chi connectivity index (χ0v) is 14.5. The molecule has 3 rings (SSSR count). The van der Waals surface area contributed by atoms with E-state index in [1.54, 1.807) is 17.4 Å². The zero-order chi connectivity index (χ0) is 16.9. The Morgan fingerprint density at radius 2 is 2.21 bits per heavy atom. The Kier molecular flexibility index (Phi) is 5.13. The first-order valence-electron chi connectivity index (χ1n) is 7.32. The van der Waals surface area contributed by atoms with Gasteiger partial charge in [0.05, 0.1) is 12.6 Å². The van der Waals surface area contributed by atoms with Gasteiger partial charge in [-0.05, 0) is 42.1 Å². The molecule has 3 aromatic rings. The van der Waals surface area contributed by atoms with E-state index >= 15 is 0 Å². The molecule has 2 aromatic heterocycles. The minimum Gasteiger partial charge on any atom is -0.455 e. The Bertz CT molecular complexity index is 869. The van der Waals surface area contributed by atoms with Gasteiger partial charge < -0.3 is 4.42 Å². The van der Waals surface area contributed by atoms with Crippen molar-refractivity contribution in [2.45, 2.75) is 13.3 Å². The fourth-order valence-corrected chi connectivity index (χ4v) is 2.99. The number of rotatable bonds is 5. The minimum absolute atomic E-state index is 0.161. The molecule has 0 spiro atoms. The van der Waals surface area contributed by atoms with E-state index in [9.17, 15) is 4.79 Å². The fourth-order valence-electron chi connectivity index (χ4n) is 2.10. The SMILES string of the molecule is Cc1ccc(-c2ccc(C=NNC(=O)Cc3cccs3)o2)cc1Cl. The summed E-state index contributed by atoms with van der Waals surface area (Å²) in [5, 5.41) is 6.55. The van der Waals surface area contributed by atoms with E-state index in [2.05, 4.69) is 10.5 Å². The summed E-state index contributed by atoms with van der Waals surface area (Å²) >= 11 is 7.67. The molecule has 1 aromatic carbocycles. The van der Waals surface area contributed by atoms with Gasteiger partial charge in [0.2, 0.25) is 5.91 Å². The first-order chi connectivity index (χ1) is 11.6. The van der Waals surface area contributed by atoms with Crippen molar-refractivity contribution in [2.75, 3.05) is 0 Å². The molecule has 24 heavy (non-hydrogen) atoms. The van der Waals surface area contributed by atoms with Crippen molar-refractivity contribution in [1.82, 2.24) is 5.43 Å². The number of halogens is 1. The average Bonchev–Trinajstić information content (AvgIpc) is 3.22. The van der Waals surface area contributed by atoms with Gasteiger partial charge in [0.1, 0.15) is 11.5 Å². The number of carbonyl (C=O) groups excluding carboxylic acids is 1. The zero-order valence-electron chi connectivity index (χ0n) is 13.0. The molecule has 4 nitrogen and oxygen atoms in total. The lowest BCUT2D eigenvalue weighted by atomic mass is 10.1. The molecule has 0 fully saturated rings. The number of furan rings is 1. The number of carbonyl (C=O) groups is 1. The normalized spacial score (nSPS) is 11.1. The van der Waals surface area contributed by atoms with E-state index < -0.39 is 0 Å². The third-order valence-electron chi connectivity index (χ3n) is 3.38. The average molecular weight is 359 g/mol. The number of benzene rings is 1. The maximum atomic E-state index is 11.7. The van der Waals surface area contributed by atoms with Crippen LogP contribution < -0.4 is 5.43 Å². The number of aryl methyl sites for hydroxylation is 1. The highest BCUT2D eigenvalue weighted by Crippen LogP contribution is 2.26. The van der Waals surface area contributed by atoms with E-state index in [1.165, 1.54) is 6.21 Å². The third kappa shape index (κ3) is 4.13. The first-order valence-corrected chi connectivity index (χ1v) is 8.58. The van der Waals surface area contributed by atoms with Crippen LogP contribution in [0.15, 0.2) is 57.4 Å². The smallest absolute Gasteiger partial charge is 0.245 e. The number of nitrogens with zero attached hydrogens (tertiary/aromatic N) is 1. The van der Waals surface area contributed by atoms with Gasteiger partial charge in [-0.25, -0.2) is 5.43 Å². The standard InChI is InChI=1S/C18H15ClN2O2S/c1-12-4-5-13(9-16(12)19)17-7-6-14(23-17)11-20-21-18(22)10-15-3-2-8-24-15/h2-9,11H,10H2,1H3,(H,21,22). The molecule has 0 bridgehead atoms. The van der Waals surface area contributed by atoms with Gasteiger partial charge in [-0.3, -0.25) is 4.79 Å². The number of hydrogen-bond acceptors (Lipinski definition) is 4. The third-order valence-corrected chi connectivity index (χ3v) is 4.66. The lowest BCUT2D eigenvalue weighted by Crippen LogP contribution is -2.19.